The maximum absolute atomic E-state index is 12.9. The summed E-state index contributed by atoms with van der Waals surface area (Å²) in [6.45, 7) is 8.58. The van der Waals surface area contributed by atoms with Gasteiger partial charge in [0.1, 0.15) is 6.54 Å². The molecule has 0 saturated carbocycles. The summed E-state index contributed by atoms with van der Waals surface area (Å²) in [7, 11) is -3.56. The van der Waals surface area contributed by atoms with E-state index >= 15 is 0 Å². The molecule has 0 unspecified atom stereocenters. The molecule has 0 radical (unpaired) electrons. The normalized spacial score (nSPS) is 14.8. The molecule has 0 atom stereocenters. The molecule has 0 aliphatic carbocycles. The molecule has 2 aromatic rings. The van der Waals surface area contributed by atoms with Crippen LogP contribution in [0.2, 0.25) is 0 Å². The third-order valence-corrected chi connectivity index (χ3v) is 6.66. The summed E-state index contributed by atoms with van der Waals surface area (Å²) in [5, 5.41) is 0. The molecule has 6 nitrogen and oxygen atoms in total. The van der Waals surface area contributed by atoms with Gasteiger partial charge >= 0.3 is 0 Å². The first-order chi connectivity index (χ1) is 13.7. The monoisotopic (exact) mass is 415 g/mol. The van der Waals surface area contributed by atoms with Crippen LogP contribution >= 0.6 is 0 Å². The van der Waals surface area contributed by atoms with Crippen LogP contribution < -0.4 is 9.21 Å². The molecule has 1 fully saturated rings. The maximum Gasteiger partial charge on any atom is 0.243 e. The smallest absolute Gasteiger partial charge is 0.243 e. The number of sulfonamides is 1. The van der Waals surface area contributed by atoms with Gasteiger partial charge in [-0.1, -0.05) is 24.3 Å². The van der Waals surface area contributed by atoms with Crippen molar-refractivity contribution in [1.29, 1.82) is 0 Å². The molecule has 0 aromatic heterocycles. The zero-order chi connectivity index (χ0) is 21.2. The van der Waals surface area contributed by atoms with Crippen molar-refractivity contribution >= 4 is 27.3 Å². The number of aryl methyl sites for hydroxylation is 2. The minimum absolute atomic E-state index is 0.169. The minimum Gasteiger partial charge on any atom is -0.368 e. The minimum atomic E-state index is -3.56. The van der Waals surface area contributed by atoms with E-state index in [0.717, 1.165) is 24.9 Å². The molecular formula is C22H29N3O3S. The predicted molar refractivity (Wildman–Crippen MR) is 118 cm³/mol. The first-order valence-corrected chi connectivity index (χ1v) is 11.6. The Labute approximate surface area is 173 Å². The van der Waals surface area contributed by atoms with Crippen molar-refractivity contribution in [3.05, 3.63) is 59.2 Å². The van der Waals surface area contributed by atoms with Crippen molar-refractivity contribution in [2.75, 3.05) is 48.2 Å². The number of hydrogen-bond acceptors (Lipinski definition) is 4. The molecule has 0 N–H and O–H groups in total. The Kier molecular flexibility index (Phi) is 6.17. The lowest BCUT2D eigenvalue weighted by Crippen LogP contribution is -2.52. The number of nitrogens with zero attached hydrogens (tertiary/aromatic N) is 3. The summed E-state index contributed by atoms with van der Waals surface area (Å²) in [6, 6.07) is 13.5. The van der Waals surface area contributed by atoms with Gasteiger partial charge < -0.3 is 9.80 Å². The molecule has 29 heavy (non-hydrogen) atoms. The highest BCUT2D eigenvalue weighted by atomic mass is 32.2. The molecule has 156 valence electrons. The van der Waals surface area contributed by atoms with E-state index in [1.165, 1.54) is 21.1 Å². The van der Waals surface area contributed by atoms with E-state index in [9.17, 15) is 13.2 Å². The van der Waals surface area contributed by atoms with Crippen molar-refractivity contribution in [3.63, 3.8) is 0 Å². The average molecular weight is 416 g/mol. The Morgan fingerprint density at radius 2 is 1.66 bits per heavy atom. The lowest BCUT2D eigenvalue weighted by molar-refractivity contribution is -0.129. The third-order valence-electron chi connectivity index (χ3n) is 5.52. The van der Waals surface area contributed by atoms with Crippen LogP contribution in [0, 0.1) is 20.8 Å². The molecule has 1 aliphatic heterocycles. The summed E-state index contributed by atoms with van der Waals surface area (Å²) in [6.07, 6.45) is 1.14. The zero-order valence-electron chi connectivity index (χ0n) is 17.6. The highest BCUT2D eigenvalue weighted by Crippen LogP contribution is 2.24. The molecule has 0 bridgehead atoms. The Morgan fingerprint density at radius 1 is 1.00 bits per heavy atom. The SMILES string of the molecule is Cc1cccc(N(CC(=O)N2CCN(c3cccc(C)c3C)CC2)S(C)(=O)=O)c1. The van der Waals surface area contributed by atoms with Crippen LogP contribution in [-0.2, 0) is 14.8 Å². The fourth-order valence-electron chi connectivity index (χ4n) is 3.68. The Bertz CT molecular complexity index is 996. The zero-order valence-corrected chi connectivity index (χ0v) is 18.4. The quantitative estimate of drug-likeness (QED) is 0.753. The average Bonchev–Trinajstić information content (AvgIpc) is 2.67. The van der Waals surface area contributed by atoms with Crippen molar-refractivity contribution in [2.24, 2.45) is 0 Å². The van der Waals surface area contributed by atoms with Crippen molar-refractivity contribution < 1.29 is 13.2 Å². The maximum atomic E-state index is 12.9. The van der Waals surface area contributed by atoms with Gasteiger partial charge in [0.2, 0.25) is 15.9 Å². The highest BCUT2D eigenvalue weighted by Gasteiger charge is 2.27. The van der Waals surface area contributed by atoms with Gasteiger partial charge in [-0.3, -0.25) is 9.10 Å². The van der Waals surface area contributed by atoms with Gasteiger partial charge in [0.25, 0.3) is 0 Å². The summed E-state index contributed by atoms with van der Waals surface area (Å²) in [4.78, 5) is 16.9. The molecule has 3 rings (SSSR count). The molecule has 7 heteroatoms. The van der Waals surface area contributed by atoms with E-state index in [0.29, 0.717) is 18.8 Å². The second-order valence-corrected chi connectivity index (χ2v) is 9.60. The molecule has 1 aliphatic rings. The number of benzene rings is 2. The lowest BCUT2D eigenvalue weighted by Gasteiger charge is -2.37. The second-order valence-electron chi connectivity index (χ2n) is 7.70. The van der Waals surface area contributed by atoms with Gasteiger partial charge in [-0.2, -0.15) is 0 Å². The van der Waals surface area contributed by atoms with Crippen LogP contribution in [0.25, 0.3) is 0 Å². The number of carbonyl (C=O) groups is 1. The Balaban J connectivity index is 1.69. The number of rotatable bonds is 5. The van der Waals surface area contributed by atoms with Crippen molar-refractivity contribution in [3.8, 4) is 0 Å². The van der Waals surface area contributed by atoms with Crippen LogP contribution in [0.5, 0.6) is 0 Å². The van der Waals surface area contributed by atoms with Gasteiger partial charge in [-0.05, 0) is 55.7 Å². The Morgan fingerprint density at radius 3 is 2.28 bits per heavy atom. The fourth-order valence-corrected chi connectivity index (χ4v) is 4.52. The largest absolute Gasteiger partial charge is 0.368 e. The topological polar surface area (TPSA) is 60.9 Å². The summed E-state index contributed by atoms with van der Waals surface area (Å²) in [5.41, 5.74) is 5.19. The van der Waals surface area contributed by atoms with E-state index in [4.69, 9.17) is 0 Å². The first-order valence-electron chi connectivity index (χ1n) is 9.80. The van der Waals surface area contributed by atoms with E-state index in [1.54, 1.807) is 23.1 Å². The lowest BCUT2D eigenvalue weighted by atomic mass is 10.1. The fraction of sp³-hybridized carbons (Fsp3) is 0.409. The molecule has 0 spiro atoms. The number of piperazine rings is 1. The number of anilines is 2. The van der Waals surface area contributed by atoms with E-state index < -0.39 is 10.0 Å². The van der Waals surface area contributed by atoms with Gasteiger partial charge in [-0.15, -0.1) is 0 Å². The number of amides is 1. The van der Waals surface area contributed by atoms with Crippen LogP contribution in [0.1, 0.15) is 16.7 Å². The van der Waals surface area contributed by atoms with E-state index in [1.807, 2.05) is 13.0 Å². The standard InChI is InChI=1S/C22H29N3O3S/c1-17-7-5-9-20(15-17)25(29(4,27)28)16-22(26)24-13-11-23(12-14-24)21-10-6-8-18(2)19(21)3/h5-10,15H,11-14,16H2,1-4H3. The first kappa shape index (κ1) is 21.2. The summed E-state index contributed by atoms with van der Waals surface area (Å²) in [5.74, 6) is -0.169. The molecule has 2 aromatic carbocycles. The highest BCUT2D eigenvalue weighted by molar-refractivity contribution is 7.92. The van der Waals surface area contributed by atoms with Gasteiger partial charge in [0.15, 0.2) is 0 Å². The van der Waals surface area contributed by atoms with Crippen LogP contribution in [0.3, 0.4) is 0 Å². The number of hydrogen-bond donors (Lipinski definition) is 0. The van der Waals surface area contributed by atoms with Gasteiger partial charge in [-0.25, -0.2) is 8.42 Å². The molecular weight excluding hydrogens is 386 g/mol. The van der Waals surface area contributed by atoms with Crippen LogP contribution in [-0.4, -0.2) is 58.2 Å². The van der Waals surface area contributed by atoms with Crippen molar-refractivity contribution in [1.82, 2.24) is 4.90 Å². The summed E-state index contributed by atoms with van der Waals surface area (Å²) >= 11 is 0. The van der Waals surface area contributed by atoms with Crippen LogP contribution in [0.4, 0.5) is 11.4 Å². The van der Waals surface area contributed by atoms with Gasteiger partial charge in [0.05, 0.1) is 11.9 Å². The predicted octanol–water partition coefficient (Wildman–Crippen LogP) is 2.73. The van der Waals surface area contributed by atoms with Crippen molar-refractivity contribution in [2.45, 2.75) is 20.8 Å². The molecule has 1 saturated heterocycles. The van der Waals surface area contributed by atoms with E-state index in [-0.39, 0.29) is 12.5 Å². The molecule has 1 heterocycles. The second kappa shape index (κ2) is 8.45. The van der Waals surface area contributed by atoms with Crippen LogP contribution in [0.15, 0.2) is 42.5 Å². The Hall–Kier alpha value is -2.54. The summed E-state index contributed by atoms with van der Waals surface area (Å²) < 4.78 is 25.8. The number of carbonyl (C=O) groups excluding carboxylic acids is 1. The van der Waals surface area contributed by atoms with Gasteiger partial charge in [0, 0.05) is 31.9 Å². The third kappa shape index (κ3) is 4.90. The molecule has 1 amide bonds. The van der Waals surface area contributed by atoms with E-state index in [2.05, 4.69) is 36.9 Å².